The lowest BCUT2D eigenvalue weighted by Gasteiger charge is -2.39. The third-order valence-corrected chi connectivity index (χ3v) is 8.29. The Hall–Kier alpha value is -2.71. The number of hydrogen-bond donors (Lipinski definition) is 2. The van der Waals surface area contributed by atoms with Crippen molar-refractivity contribution in [3.8, 4) is 0 Å². The lowest BCUT2D eigenvalue weighted by molar-refractivity contribution is -0.161. The SMILES string of the molecule is C=CCNC(=O)C(=O)C(CCC)NC(=O)C1C2CCC(C2)N1C(=O)C(CC(=O)OC(C)(C)C)C1CCCCC1. The second-order valence-corrected chi connectivity index (χ2v) is 12.4. The Morgan fingerprint density at radius 2 is 1.74 bits per heavy atom. The number of carbonyl (C=O) groups excluding carboxylic acids is 5. The molecule has 0 aromatic carbocycles. The third kappa shape index (κ3) is 7.92. The van der Waals surface area contributed by atoms with Gasteiger partial charge in [-0.1, -0.05) is 38.7 Å². The molecule has 3 aliphatic rings. The summed E-state index contributed by atoms with van der Waals surface area (Å²) in [7, 11) is 0. The molecule has 9 nitrogen and oxygen atoms in total. The first kappa shape index (κ1) is 30.8. The van der Waals surface area contributed by atoms with Crippen LogP contribution in [0.25, 0.3) is 0 Å². The number of ether oxygens (including phenoxy) is 1. The molecule has 9 heteroatoms. The molecule has 3 amide bonds. The van der Waals surface area contributed by atoms with Crippen LogP contribution in [0.3, 0.4) is 0 Å². The molecule has 0 aromatic heterocycles. The van der Waals surface area contributed by atoms with Crippen LogP contribution >= 0.6 is 0 Å². The molecule has 218 valence electrons. The zero-order valence-corrected chi connectivity index (χ0v) is 24.1. The summed E-state index contributed by atoms with van der Waals surface area (Å²) < 4.78 is 5.59. The van der Waals surface area contributed by atoms with Gasteiger partial charge in [0.05, 0.1) is 18.4 Å². The van der Waals surface area contributed by atoms with E-state index in [1.165, 1.54) is 6.08 Å². The van der Waals surface area contributed by atoms with E-state index in [0.717, 1.165) is 51.4 Å². The first-order valence-corrected chi connectivity index (χ1v) is 14.7. The second-order valence-electron chi connectivity index (χ2n) is 12.4. The van der Waals surface area contributed by atoms with Gasteiger partial charge in [0, 0.05) is 12.6 Å². The van der Waals surface area contributed by atoms with E-state index in [-0.39, 0.29) is 36.8 Å². The molecule has 1 saturated heterocycles. The number of hydrogen-bond acceptors (Lipinski definition) is 6. The number of carbonyl (C=O) groups is 5. The molecule has 2 bridgehead atoms. The zero-order chi connectivity index (χ0) is 28.7. The molecule has 1 aliphatic heterocycles. The van der Waals surface area contributed by atoms with Crippen LogP contribution in [0.4, 0.5) is 0 Å². The van der Waals surface area contributed by atoms with Crippen molar-refractivity contribution in [3.05, 3.63) is 12.7 Å². The fourth-order valence-corrected chi connectivity index (χ4v) is 6.61. The van der Waals surface area contributed by atoms with Gasteiger partial charge in [0.15, 0.2) is 0 Å². The number of Topliss-reactive ketones (excluding diaryl/α,β-unsaturated/α-hetero) is 1. The number of amides is 3. The number of nitrogens with one attached hydrogen (secondary N) is 2. The van der Waals surface area contributed by atoms with Crippen molar-refractivity contribution in [2.45, 2.75) is 122 Å². The Kier molecular flexibility index (Phi) is 10.7. The Labute approximate surface area is 232 Å². The van der Waals surface area contributed by atoms with E-state index >= 15 is 0 Å². The summed E-state index contributed by atoms with van der Waals surface area (Å²) >= 11 is 0. The van der Waals surface area contributed by atoms with Gasteiger partial charge >= 0.3 is 5.97 Å². The van der Waals surface area contributed by atoms with Gasteiger partial charge in [-0.2, -0.15) is 0 Å². The molecule has 39 heavy (non-hydrogen) atoms. The van der Waals surface area contributed by atoms with Crippen LogP contribution in [0.1, 0.15) is 98.3 Å². The Morgan fingerprint density at radius 3 is 2.36 bits per heavy atom. The van der Waals surface area contributed by atoms with Gasteiger partial charge in [-0.05, 0) is 71.1 Å². The van der Waals surface area contributed by atoms with Crippen LogP contribution in [0.5, 0.6) is 0 Å². The van der Waals surface area contributed by atoms with Crippen molar-refractivity contribution >= 4 is 29.5 Å². The van der Waals surface area contributed by atoms with Gasteiger partial charge < -0.3 is 20.3 Å². The minimum absolute atomic E-state index is 0.000506. The standard InChI is InChI=1S/C30H47N3O6/c1-6-11-23(26(35)28(37)31-16-7-2)32-27(36)25-20-14-15-21(17-20)33(25)29(38)22(19-12-9-8-10-13-19)18-24(34)39-30(3,4)5/h7,19-23,25H,2,6,8-18H2,1,3-5H3,(H,31,37)(H,32,36). The summed E-state index contributed by atoms with van der Waals surface area (Å²) in [5.74, 6) is -2.85. The van der Waals surface area contributed by atoms with E-state index in [2.05, 4.69) is 17.2 Å². The van der Waals surface area contributed by atoms with Crippen LogP contribution in [0.15, 0.2) is 12.7 Å². The average molecular weight is 546 g/mol. The number of nitrogens with zero attached hydrogens (tertiary/aromatic N) is 1. The van der Waals surface area contributed by atoms with Gasteiger partial charge in [0.25, 0.3) is 5.91 Å². The molecule has 0 spiro atoms. The molecule has 2 saturated carbocycles. The number of rotatable bonds is 12. The molecular formula is C30H47N3O6. The lowest BCUT2D eigenvalue weighted by atomic mass is 9.77. The van der Waals surface area contributed by atoms with Crippen molar-refractivity contribution in [3.63, 3.8) is 0 Å². The fraction of sp³-hybridized carbons (Fsp3) is 0.767. The summed E-state index contributed by atoms with van der Waals surface area (Å²) in [6.45, 7) is 11.0. The third-order valence-electron chi connectivity index (χ3n) is 8.29. The molecule has 2 aliphatic carbocycles. The smallest absolute Gasteiger partial charge is 0.307 e. The van der Waals surface area contributed by atoms with Crippen molar-refractivity contribution < 1.29 is 28.7 Å². The summed E-state index contributed by atoms with van der Waals surface area (Å²) in [6, 6.07) is -1.72. The average Bonchev–Trinajstić information content (AvgIpc) is 3.51. The monoisotopic (exact) mass is 545 g/mol. The number of piperidine rings is 1. The summed E-state index contributed by atoms with van der Waals surface area (Å²) in [4.78, 5) is 67.7. The molecular weight excluding hydrogens is 498 g/mol. The van der Waals surface area contributed by atoms with E-state index in [1.807, 2.05) is 27.7 Å². The molecule has 5 unspecified atom stereocenters. The van der Waals surface area contributed by atoms with Gasteiger partial charge in [-0.25, -0.2) is 0 Å². The maximum absolute atomic E-state index is 14.2. The maximum Gasteiger partial charge on any atom is 0.307 e. The first-order valence-electron chi connectivity index (χ1n) is 14.7. The predicted octanol–water partition coefficient (Wildman–Crippen LogP) is 3.45. The summed E-state index contributed by atoms with van der Waals surface area (Å²) in [5.41, 5.74) is -0.648. The minimum Gasteiger partial charge on any atom is -0.460 e. The Morgan fingerprint density at radius 1 is 1.05 bits per heavy atom. The van der Waals surface area contributed by atoms with E-state index in [0.29, 0.717) is 12.8 Å². The quantitative estimate of drug-likeness (QED) is 0.220. The van der Waals surface area contributed by atoms with Crippen molar-refractivity contribution in [2.24, 2.45) is 17.8 Å². The topological polar surface area (TPSA) is 122 Å². The summed E-state index contributed by atoms with van der Waals surface area (Å²) in [6.07, 6.45) is 9.73. The molecule has 2 N–H and O–H groups in total. The number of fused-ring (bicyclic) bond motifs is 2. The highest BCUT2D eigenvalue weighted by atomic mass is 16.6. The number of esters is 1. The predicted molar refractivity (Wildman–Crippen MR) is 147 cm³/mol. The Balaban J connectivity index is 1.81. The highest BCUT2D eigenvalue weighted by Gasteiger charge is 2.53. The largest absolute Gasteiger partial charge is 0.460 e. The maximum atomic E-state index is 14.2. The van der Waals surface area contributed by atoms with Crippen LogP contribution < -0.4 is 10.6 Å². The number of likely N-dealkylation sites (tertiary alicyclic amines) is 1. The molecule has 0 aromatic rings. The van der Waals surface area contributed by atoms with Gasteiger partial charge in [0.1, 0.15) is 11.6 Å². The fourth-order valence-electron chi connectivity index (χ4n) is 6.61. The molecule has 0 radical (unpaired) electrons. The van der Waals surface area contributed by atoms with Crippen molar-refractivity contribution in [2.75, 3.05) is 6.54 Å². The number of ketones is 1. The van der Waals surface area contributed by atoms with Gasteiger partial charge in [0.2, 0.25) is 17.6 Å². The molecule has 5 atom stereocenters. The lowest BCUT2D eigenvalue weighted by Crippen LogP contribution is -2.58. The van der Waals surface area contributed by atoms with E-state index in [9.17, 15) is 24.0 Å². The molecule has 3 fully saturated rings. The van der Waals surface area contributed by atoms with Crippen LogP contribution in [0, 0.1) is 17.8 Å². The molecule has 3 rings (SSSR count). The highest BCUT2D eigenvalue weighted by molar-refractivity contribution is 6.38. The minimum atomic E-state index is -0.959. The highest BCUT2D eigenvalue weighted by Crippen LogP contribution is 2.45. The normalized spacial score (nSPS) is 24.5. The summed E-state index contributed by atoms with van der Waals surface area (Å²) in [5, 5.41) is 5.30. The van der Waals surface area contributed by atoms with E-state index in [1.54, 1.807) is 4.90 Å². The van der Waals surface area contributed by atoms with E-state index in [4.69, 9.17) is 4.74 Å². The van der Waals surface area contributed by atoms with Crippen molar-refractivity contribution in [1.82, 2.24) is 15.5 Å². The zero-order valence-electron chi connectivity index (χ0n) is 24.1. The van der Waals surface area contributed by atoms with Crippen LogP contribution in [-0.4, -0.2) is 64.6 Å². The first-order chi connectivity index (χ1) is 18.5. The second kappa shape index (κ2) is 13.6. The van der Waals surface area contributed by atoms with Crippen molar-refractivity contribution in [1.29, 1.82) is 0 Å². The van der Waals surface area contributed by atoms with Gasteiger partial charge in [-0.3, -0.25) is 24.0 Å². The van der Waals surface area contributed by atoms with Crippen LogP contribution in [-0.2, 0) is 28.7 Å². The van der Waals surface area contributed by atoms with Gasteiger partial charge in [-0.15, -0.1) is 6.58 Å². The molecule has 1 heterocycles. The van der Waals surface area contributed by atoms with Crippen LogP contribution in [0.2, 0.25) is 0 Å². The Bertz CT molecular complexity index is 935. The van der Waals surface area contributed by atoms with E-state index < -0.39 is 47.2 Å².